The fourth-order valence-corrected chi connectivity index (χ4v) is 10.3. The summed E-state index contributed by atoms with van der Waals surface area (Å²) in [4.78, 5) is 60.9. The number of aryl methyl sites for hydroxylation is 2. The van der Waals surface area contributed by atoms with E-state index >= 15 is 4.39 Å². The second-order valence-corrected chi connectivity index (χ2v) is 19.7. The van der Waals surface area contributed by atoms with Gasteiger partial charge >= 0.3 is 30.4 Å². The fraction of sp³-hybridized carbons (Fsp3) is 0.611. The first-order chi connectivity index (χ1) is 33.2. The minimum atomic E-state index is -0.759. The van der Waals surface area contributed by atoms with Crippen molar-refractivity contribution < 1.29 is 71.0 Å². The van der Waals surface area contributed by atoms with Crippen molar-refractivity contribution in [2.24, 2.45) is 29.1 Å². The summed E-state index contributed by atoms with van der Waals surface area (Å²) in [7, 11) is 0. The van der Waals surface area contributed by atoms with Crippen LogP contribution in [0, 0.1) is 34.9 Å². The molecule has 0 unspecified atom stereocenters. The molecule has 0 bridgehead atoms. The summed E-state index contributed by atoms with van der Waals surface area (Å²) in [5.41, 5.74) is 3.36. The van der Waals surface area contributed by atoms with Gasteiger partial charge in [0.1, 0.15) is 51.2 Å². The number of esters is 2. The third kappa shape index (κ3) is 16.0. The summed E-state index contributed by atoms with van der Waals surface area (Å²) in [6.45, 7) is 13.7. The minimum absolute atomic E-state index is 0.0882. The van der Waals surface area contributed by atoms with E-state index in [1.807, 2.05) is 18.2 Å². The van der Waals surface area contributed by atoms with E-state index in [9.17, 15) is 24.0 Å². The number of unbranched alkanes of at least 4 members (excludes halogenated alkanes) is 2. The quantitative estimate of drug-likeness (QED) is 0.0399. The normalized spacial score (nSPS) is 19.2. The highest BCUT2D eigenvalue weighted by atomic mass is 19.1. The summed E-state index contributed by atoms with van der Waals surface area (Å²) in [5.74, 6) is -0.502. The highest BCUT2D eigenvalue weighted by Crippen LogP contribution is 2.45. The lowest BCUT2D eigenvalue weighted by Gasteiger charge is -2.42. The lowest BCUT2D eigenvalue weighted by molar-refractivity contribution is -0.139. The number of rotatable bonds is 25. The van der Waals surface area contributed by atoms with Gasteiger partial charge in [-0.15, -0.1) is 0 Å². The Morgan fingerprint density at radius 2 is 1.12 bits per heavy atom. The number of ether oxygens (including phenoxy) is 9. The molecule has 4 aliphatic rings. The van der Waals surface area contributed by atoms with Crippen LogP contribution >= 0.6 is 0 Å². The zero-order valence-corrected chi connectivity index (χ0v) is 40.8. The molecule has 3 heterocycles. The molecule has 6 rings (SSSR count). The first-order valence-corrected chi connectivity index (χ1v) is 24.8. The molecule has 2 aromatic carbocycles. The Hall–Kier alpha value is -5.60. The predicted octanol–water partition coefficient (Wildman–Crippen LogP) is 11.3. The van der Waals surface area contributed by atoms with E-state index in [-0.39, 0.29) is 94.2 Å². The lowest BCUT2D eigenvalue weighted by atomic mass is 9.68. The summed E-state index contributed by atoms with van der Waals surface area (Å²) < 4.78 is 66.8. The summed E-state index contributed by atoms with van der Waals surface area (Å²) in [5, 5.41) is 0. The monoisotopic (exact) mass is 962 g/mol. The maximum Gasteiger partial charge on any atom is 0.508 e. The van der Waals surface area contributed by atoms with Crippen LogP contribution in [-0.4, -0.2) is 89.9 Å². The van der Waals surface area contributed by atoms with Crippen LogP contribution in [0.4, 0.5) is 18.8 Å². The lowest BCUT2D eigenvalue weighted by Crippen LogP contribution is -2.43. The van der Waals surface area contributed by atoms with Gasteiger partial charge in [-0.05, 0) is 137 Å². The van der Waals surface area contributed by atoms with Crippen molar-refractivity contribution in [2.45, 2.75) is 123 Å². The summed E-state index contributed by atoms with van der Waals surface area (Å²) >= 11 is 0. The van der Waals surface area contributed by atoms with Gasteiger partial charge in [0.2, 0.25) is 0 Å². The van der Waals surface area contributed by atoms with Crippen molar-refractivity contribution in [3.63, 3.8) is 0 Å². The Morgan fingerprint density at radius 1 is 0.652 bits per heavy atom. The van der Waals surface area contributed by atoms with E-state index in [0.717, 1.165) is 48.3 Å². The van der Waals surface area contributed by atoms with Gasteiger partial charge in [0.05, 0.1) is 19.8 Å². The van der Waals surface area contributed by atoms with Crippen molar-refractivity contribution in [1.82, 2.24) is 0 Å². The fourth-order valence-electron chi connectivity index (χ4n) is 10.3. The standard InChI is InChI=1S/C54H71FO14/c1-6-7-8-11-37-14-16-41(17-15-37)42-18-19-46(47(55)24-42)45-22-43(12-9-20-61-49(56)35(2)3)48(44(23-45)13-10-21-62-50(57)36(4)5)69-34-54(25-38-28-63-51(58)64-29-38,26-39-30-65-52(59)66-31-39)27-40-32-67-53(60)68-33-40/h18-19,22-24,37-41H,2,4,6-17,20-21,25-34H2,1,3,5H3. The molecule has 1 aliphatic carbocycles. The minimum Gasteiger partial charge on any atom is -0.492 e. The molecular weight excluding hydrogens is 892 g/mol. The third-order valence-electron chi connectivity index (χ3n) is 13.7. The average Bonchev–Trinajstić information content (AvgIpc) is 3.33. The van der Waals surface area contributed by atoms with Gasteiger partial charge in [-0.25, -0.2) is 28.4 Å². The van der Waals surface area contributed by atoms with Gasteiger partial charge in [0.25, 0.3) is 0 Å². The van der Waals surface area contributed by atoms with E-state index < -0.39 is 35.8 Å². The zero-order chi connectivity index (χ0) is 49.3. The van der Waals surface area contributed by atoms with E-state index in [1.54, 1.807) is 19.9 Å². The first kappa shape index (κ1) is 52.8. The summed E-state index contributed by atoms with van der Waals surface area (Å²) in [6.07, 6.45) is 10.0. The SMILES string of the molecule is C=C(C)C(=O)OCCCc1cc(-c2ccc(C3CCC(CCCCC)CC3)cc2F)cc(CCCOC(=O)C(=C)C)c1OCC(CC1COC(=O)OC1)(CC1COC(=O)OC1)CC1COC(=O)OC1. The number of carbonyl (C=O) groups excluding carboxylic acids is 5. The molecule has 0 radical (unpaired) electrons. The van der Waals surface area contributed by atoms with Crippen LogP contribution in [-0.2, 0) is 60.3 Å². The highest BCUT2D eigenvalue weighted by Gasteiger charge is 2.43. The van der Waals surface area contributed by atoms with Crippen LogP contribution in [0.3, 0.4) is 0 Å². The van der Waals surface area contributed by atoms with Gasteiger partial charge < -0.3 is 42.6 Å². The van der Waals surface area contributed by atoms with Gasteiger partial charge in [-0.3, -0.25) is 0 Å². The second kappa shape index (κ2) is 25.8. The van der Waals surface area contributed by atoms with Crippen molar-refractivity contribution in [2.75, 3.05) is 59.5 Å². The van der Waals surface area contributed by atoms with Gasteiger partial charge in [0, 0.05) is 39.9 Å². The topological polar surface area (TPSA) is 168 Å². The molecule has 0 amide bonds. The Balaban J connectivity index is 1.37. The number of carbonyl (C=O) groups is 5. The highest BCUT2D eigenvalue weighted by molar-refractivity contribution is 5.87. The molecular formula is C54H71FO14. The molecule has 69 heavy (non-hydrogen) atoms. The molecule has 4 fully saturated rings. The van der Waals surface area contributed by atoms with Gasteiger partial charge in [-0.1, -0.05) is 57.9 Å². The number of benzene rings is 2. The number of cyclic esters (lactones) is 6. The molecule has 0 spiro atoms. The molecule has 14 nitrogen and oxygen atoms in total. The van der Waals surface area contributed by atoms with Crippen LogP contribution < -0.4 is 4.74 Å². The van der Waals surface area contributed by atoms with E-state index in [1.165, 1.54) is 25.7 Å². The maximum atomic E-state index is 16.6. The smallest absolute Gasteiger partial charge is 0.492 e. The Labute approximate surface area is 405 Å². The maximum absolute atomic E-state index is 16.6. The Bertz CT molecular complexity index is 1970. The van der Waals surface area contributed by atoms with Gasteiger partial charge in [-0.2, -0.15) is 0 Å². The Morgan fingerprint density at radius 3 is 1.54 bits per heavy atom. The van der Waals surface area contributed by atoms with E-state index in [4.69, 9.17) is 42.6 Å². The van der Waals surface area contributed by atoms with Gasteiger partial charge in [0.15, 0.2) is 0 Å². The molecule has 3 saturated heterocycles. The molecule has 378 valence electrons. The van der Waals surface area contributed by atoms with E-state index in [0.29, 0.717) is 67.7 Å². The van der Waals surface area contributed by atoms with Crippen LogP contribution in [0.25, 0.3) is 11.1 Å². The molecule has 2 aromatic rings. The van der Waals surface area contributed by atoms with Crippen LogP contribution in [0.1, 0.15) is 127 Å². The molecule has 3 aliphatic heterocycles. The first-order valence-electron chi connectivity index (χ1n) is 24.8. The van der Waals surface area contributed by atoms with E-state index in [2.05, 4.69) is 26.1 Å². The van der Waals surface area contributed by atoms with Crippen molar-refractivity contribution >= 4 is 30.4 Å². The molecule has 0 N–H and O–H groups in total. The number of hydrogen-bond acceptors (Lipinski definition) is 14. The van der Waals surface area contributed by atoms with Crippen LogP contribution in [0.15, 0.2) is 54.6 Å². The zero-order valence-electron chi connectivity index (χ0n) is 40.8. The van der Waals surface area contributed by atoms with Crippen molar-refractivity contribution in [3.8, 4) is 16.9 Å². The number of hydrogen-bond donors (Lipinski definition) is 0. The van der Waals surface area contributed by atoms with Crippen molar-refractivity contribution in [1.29, 1.82) is 0 Å². The largest absolute Gasteiger partial charge is 0.508 e. The molecule has 0 atom stereocenters. The number of halogens is 1. The molecule has 1 saturated carbocycles. The van der Waals surface area contributed by atoms with Crippen LogP contribution in [0.2, 0.25) is 0 Å². The third-order valence-corrected chi connectivity index (χ3v) is 13.7. The molecule has 0 aromatic heterocycles. The van der Waals surface area contributed by atoms with Crippen LogP contribution in [0.5, 0.6) is 5.75 Å². The summed E-state index contributed by atoms with van der Waals surface area (Å²) in [6, 6.07) is 9.47. The average molecular weight is 963 g/mol. The predicted molar refractivity (Wildman–Crippen MR) is 253 cm³/mol. The van der Waals surface area contributed by atoms with Crippen molar-refractivity contribution in [3.05, 3.63) is 77.1 Å². The Kier molecular flexibility index (Phi) is 19.8. The molecule has 15 heteroatoms. The second-order valence-electron chi connectivity index (χ2n) is 19.7.